The fourth-order valence-corrected chi connectivity index (χ4v) is 4.29. The van der Waals surface area contributed by atoms with Crippen LogP contribution in [0.15, 0.2) is 59.7 Å². The molecular weight excluding hydrogens is 571 g/mol. The predicted molar refractivity (Wildman–Crippen MR) is 138 cm³/mol. The number of hydrogen-bond donors (Lipinski definition) is 1. The molecule has 1 aliphatic heterocycles. The number of ether oxygens (including phenoxy) is 4. The summed E-state index contributed by atoms with van der Waals surface area (Å²) in [6, 6.07) is 16.7. The number of fused-ring (bicyclic) bond motifs is 1. The number of methoxy groups -OCH3 is 1. The molecule has 1 N–H and O–H groups in total. The average Bonchev–Trinajstić information content (AvgIpc) is 2.84. The van der Waals surface area contributed by atoms with Crippen molar-refractivity contribution in [3.63, 3.8) is 0 Å². The summed E-state index contributed by atoms with van der Waals surface area (Å²) in [5.41, 5.74) is 5.00. The van der Waals surface area contributed by atoms with Crippen molar-refractivity contribution in [2.45, 2.75) is 13.0 Å². The second-order valence-electron chi connectivity index (χ2n) is 7.36. The molecule has 3 aromatic carbocycles. The number of carbonyl (C=O) groups is 1. The second kappa shape index (κ2) is 11.4. The highest BCUT2D eigenvalue weighted by Crippen LogP contribution is 2.35. The Balaban J connectivity index is 1.37. The summed E-state index contributed by atoms with van der Waals surface area (Å²) in [5.74, 6) is 2.27. The van der Waals surface area contributed by atoms with Crippen molar-refractivity contribution >= 4 is 46.3 Å². The van der Waals surface area contributed by atoms with Gasteiger partial charge in [0.05, 0.1) is 23.3 Å². The van der Waals surface area contributed by atoms with Gasteiger partial charge in [-0.05, 0) is 64.0 Å². The molecule has 0 unspecified atom stereocenters. The first-order valence-electron chi connectivity index (χ1n) is 10.5. The van der Waals surface area contributed by atoms with Gasteiger partial charge < -0.3 is 18.9 Å². The van der Waals surface area contributed by atoms with E-state index in [1.54, 1.807) is 19.4 Å². The fourth-order valence-electron chi connectivity index (χ4n) is 3.32. The van der Waals surface area contributed by atoms with Gasteiger partial charge in [0.25, 0.3) is 0 Å². The van der Waals surface area contributed by atoms with E-state index in [-0.39, 0.29) is 12.3 Å². The molecule has 3 aromatic rings. The van der Waals surface area contributed by atoms with Gasteiger partial charge in [-0.1, -0.05) is 35.9 Å². The molecule has 1 aliphatic rings. The summed E-state index contributed by atoms with van der Waals surface area (Å²) < 4.78 is 23.4. The molecule has 7 nitrogen and oxygen atoms in total. The fraction of sp³-hybridized carbons (Fsp3) is 0.200. The lowest BCUT2D eigenvalue weighted by atomic mass is 10.1. The van der Waals surface area contributed by atoms with Gasteiger partial charge in [0.15, 0.2) is 23.0 Å². The van der Waals surface area contributed by atoms with E-state index in [0.29, 0.717) is 47.8 Å². The van der Waals surface area contributed by atoms with Crippen molar-refractivity contribution < 1.29 is 23.7 Å². The van der Waals surface area contributed by atoms with Gasteiger partial charge in [0, 0.05) is 10.6 Å². The molecule has 0 atom stereocenters. The quantitative estimate of drug-likeness (QED) is 0.226. The SMILES string of the molecule is COc1cc(/C=N/NC(=O)Cc2ccc3c(c2)OCCO3)cc(I)c1OCc1ccccc1Cl. The van der Waals surface area contributed by atoms with Crippen molar-refractivity contribution in [2.24, 2.45) is 5.10 Å². The van der Waals surface area contributed by atoms with Crippen molar-refractivity contribution in [3.05, 3.63) is 79.9 Å². The molecule has 0 saturated heterocycles. The van der Waals surface area contributed by atoms with Crippen LogP contribution in [0.1, 0.15) is 16.7 Å². The van der Waals surface area contributed by atoms with Gasteiger partial charge in [0.1, 0.15) is 19.8 Å². The van der Waals surface area contributed by atoms with E-state index < -0.39 is 0 Å². The number of rotatable bonds is 8. The topological polar surface area (TPSA) is 78.4 Å². The normalized spacial score (nSPS) is 12.4. The van der Waals surface area contributed by atoms with Crippen molar-refractivity contribution in [1.29, 1.82) is 0 Å². The Hall–Kier alpha value is -2.98. The number of hydrazone groups is 1. The van der Waals surface area contributed by atoms with Gasteiger partial charge in [-0.3, -0.25) is 4.79 Å². The number of nitrogens with zero attached hydrogens (tertiary/aromatic N) is 1. The van der Waals surface area contributed by atoms with E-state index in [2.05, 4.69) is 33.1 Å². The maximum atomic E-state index is 12.3. The molecule has 0 radical (unpaired) electrons. The number of nitrogens with one attached hydrogen (secondary N) is 1. The van der Waals surface area contributed by atoms with Crippen LogP contribution in [-0.2, 0) is 17.8 Å². The summed E-state index contributed by atoms with van der Waals surface area (Å²) in [5, 5.41) is 4.72. The van der Waals surface area contributed by atoms with Crippen LogP contribution >= 0.6 is 34.2 Å². The predicted octanol–water partition coefficient (Wildman–Crippen LogP) is 5.00. The number of halogens is 2. The number of hydrogen-bond acceptors (Lipinski definition) is 6. The maximum absolute atomic E-state index is 12.3. The van der Waals surface area contributed by atoms with Crippen LogP contribution in [0.3, 0.4) is 0 Å². The van der Waals surface area contributed by atoms with Crippen LogP contribution in [0.2, 0.25) is 5.02 Å². The third-order valence-electron chi connectivity index (χ3n) is 4.96. The van der Waals surface area contributed by atoms with Gasteiger partial charge in [0.2, 0.25) is 5.91 Å². The van der Waals surface area contributed by atoms with E-state index in [0.717, 1.165) is 20.3 Å². The van der Waals surface area contributed by atoms with Crippen LogP contribution in [0, 0.1) is 3.57 Å². The summed E-state index contributed by atoms with van der Waals surface area (Å²) in [6.45, 7) is 1.34. The molecule has 34 heavy (non-hydrogen) atoms. The van der Waals surface area contributed by atoms with E-state index >= 15 is 0 Å². The first-order chi connectivity index (χ1) is 16.5. The van der Waals surface area contributed by atoms with Gasteiger partial charge in [-0.25, -0.2) is 5.43 Å². The average molecular weight is 593 g/mol. The zero-order valence-corrected chi connectivity index (χ0v) is 21.3. The lowest BCUT2D eigenvalue weighted by Gasteiger charge is -2.18. The van der Waals surface area contributed by atoms with E-state index in [9.17, 15) is 4.79 Å². The Kier molecular flexibility index (Phi) is 8.12. The molecule has 0 spiro atoms. The number of amides is 1. The first-order valence-corrected chi connectivity index (χ1v) is 11.9. The van der Waals surface area contributed by atoms with E-state index in [4.69, 9.17) is 30.5 Å². The number of benzene rings is 3. The van der Waals surface area contributed by atoms with Crippen molar-refractivity contribution in [2.75, 3.05) is 20.3 Å². The molecule has 0 fully saturated rings. The van der Waals surface area contributed by atoms with Gasteiger partial charge >= 0.3 is 0 Å². The molecule has 0 saturated carbocycles. The van der Waals surface area contributed by atoms with Crippen LogP contribution in [0.25, 0.3) is 0 Å². The molecule has 1 amide bonds. The van der Waals surface area contributed by atoms with E-state index in [1.807, 2.05) is 48.5 Å². The van der Waals surface area contributed by atoms with E-state index in [1.165, 1.54) is 0 Å². The lowest BCUT2D eigenvalue weighted by Crippen LogP contribution is -2.20. The smallest absolute Gasteiger partial charge is 0.244 e. The zero-order chi connectivity index (χ0) is 23.9. The van der Waals surface area contributed by atoms with Crippen LogP contribution in [0.5, 0.6) is 23.0 Å². The Bertz CT molecular complexity index is 1220. The third kappa shape index (κ3) is 6.12. The molecule has 4 rings (SSSR count). The van der Waals surface area contributed by atoms with Crippen LogP contribution < -0.4 is 24.4 Å². The minimum atomic E-state index is -0.241. The van der Waals surface area contributed by atoms with Crippen LogP contribution in [-0.4, -0.2) is 32.4 Å². The Morgan fingerprint density at radius 3 is 2.74 bits per heavy atom. The standard InChI is InChI=1S/C25H22ClIN2O5/c1-31-23-12-17(10-20(27)25(23)34-15-18-4-2-3-5-19(18)26)14-28-29-24(30)13-16-6-7-21-22(11-16)33-9-8-32-21/h2-7,10-12,14H,8-9,13,15H2,1H3,(H,29,30)/b28-14+. The summed E-state index contributed by atoms with van der Waals surface area (Å²) in [6.07, 6.45) is 1.73. The zero-order valence-electron chi connectivity index (χ0n) is 18.3. The Morgan fingerprint density at radius 1 is 1.15 bits per heavy atom. The Labute approximate surface area is 216 Å². The highest BCUT2D eigenvalue weighted by atomic mass is 127. The summed E-state index contributed by atoms with van der Waals surface area (Å²) in [7, 11) is 1.57. The lowest BCUT2D eigenvalue weighted by molar-refractivity contribution is -0.120. The number of carbonyl (C=O) groups excluding carboxylic acids is 1. The molecule has 1 heterocycles. The van der Waals surface area contributed by atoms with Crippen molar-refractivity contribution in [1.82, 2.24) is 5.43 Å². The largest absolute Gasteiger partial charge is 0.493 e. The third-order valence-corrected chi connectivity index (χ3v) is 6.13. The molecule has 0 bridgehead atoms. The maximum Gasteiger partial charge on any atom is 0.244 e. The summed E-state index contributed by atoms with van der Waals surface area (Å²) in [4.78, 5) is 12.3. The molecule has 176 valence electrons. The van der Waals surface area contributed by atoms with Crippen LogP contribution in [0.4, 0.5) is 0 Å². The molecule has 0 aliphatic carbocycles. The molecular formula is C25H22ClIN2O5. The second-order valence-corrected chi connectivity index (χ2v) is 8.93. The van der Waals surface area contributed by atoms with Gasteiger partial charge in [-0.15, -0.1) is 0 Å². The van der Waals surface area contributed by atoms with Gasteiger partial charge in [-0.2, -0.15) is 5.10 Å². The Morgan fingerprint density at radius 2 is 1.94 bits per heavy atom. The molecule has 0 aromatic heterocycles. The highest BCUT2D eigenvalue weighted by Gasteiger charge is 2.14. The highest BCUT2D eigenvalue weighted by molar-refractivity contribution is 14.1. The minimum absolute atomic E-state index is 0.170. The monoisotopic (exact) mass is 592 g/mol. The summed E-state index contributed by atoms with van der Waals surface area (Å²) >= 11 is 8.39. The van der Waals surface area contributed by atoms with Crippen molar-refractivity contribution in [3.8, 4) is 23.0 Å². The minimum Gasteiger partial charge on any atom is -0.493 e. The molecule has 9 heteroatoms. The first kappa shape index (κ1) is 24.2.